The zero-order valence-electron chi connectivity index (χ0n) is 21.5. The summed E-state index contributed by atoms with van der Waals surface area (Å²) in [7, 11) is -3.95. The molecule has 2 aliphatic rings. The van der Waals surface area contributed by atoms with E-state index in [2.05, 4.69) is 11.9 Å². The third-order valence-electron chi connectivity index (χ3n) is 6.42. The summed E-state index contributed by atoms with van der Waals surface area (Å²) in [5.41, 5.74) is 5.09. The van der Waals surface area contributed by atoms with Gasteiger partial charge in [0.25, 0.3) is 0 Å². The molecular formula is C25H33F2N3O8P+. The van der Waals surface area contributed by atoms with Crippen LogP contribution in [0, 0.1) is 0 Å². The maximum atomic E-state index is 15.6. The topological polar surface area (TPSA) is 144 Å². The normalized spacial score (nSPS) is 25.6. The molecule has 3 N–H and O–H groups in total. The molecule has 4 atom stereocenters. The third kappa shape index (κ3) is 7.09. The number of alkyl halides is 2. The Hall–Kier alpha value is -2.70. The first-order valence-electron chi connectivity index (χ1n) is 12.9. The Bertz CT molecular complexity index is 1200. The Balaban J connectivity index is 1.47. The van der Waals surface area contributed by atoms with E-state index in [1.54, 1.807) is 24.3 Å². The average Bonchev–Trinajstić information content (AvgIpc) is 3.14. The van der Waals surface area contributed by atoms with Crippen molar-refractivity contribution in [3.63, 3.8) is 0 Å². The number of esters is 1. The van der Waals surface area contributed by atoms with E-state index in [4.69, 9.17) is 28.8 Å². The number of fused-ring (bicyclic) bond motifs is 1. The number of hydrogen-bond acceptors (Lipinski definition) is 10. The van der Waals surface area contributed by atoms with Crippen LogP contribution in [0.15, 0.2) is 41.3 Å². The van der Waals surface area contributed by atoms with Crippen LogP contribution in [0.4, 0.5) is 14.6 Å². The molecule has 1 aromatic carbocycles. The van der Waals surface area contributed by atoms with E-state index in [9.17, 15) is 14.5 Å². The Morgan fingerprint density at radius 2 is 1.97 bits per heavy atom. The maximum Gasteiger partial charge on any atom is 0.619 e. The number of benzene rings is 1. The molecule has 2 aliphatic heterocycles. The lowest BCUT2D eigenvalue weighted by Crippen LogP contribution is -2.44. The molecular weight excluding hydrogens is 539 g/mol. The van der Waals surface area contributed by atoms with E-state index < -0.39 is 50.8 Å². The Kier molecular flexibility index (Phi) is 9.50. The van der Waals surface area contributed by atoms with Gasteiger partial charge in [-0.2, -0.15) is 18.7 Å². The van der Waals surface area contributed by atoms with Gasteiger partial charge in [0.15, 0.2) is 11.9 Å². The molecule has 0 aliphatic carbocycles. The predicted molar refractivity (Wildman–Crippen MR) is 137 cm³/mol. The molecule has 14 heteroatoms. The van der Waals surface area contributed by atoms with Gasteiger partial charge in [0.2, 0.25) is 6.23 Å². The summed E-state index contributed by atoms with van der Waals surface area (Å²) in [5.74, 6) is -4.51. The van der Waals surface area contributed by atoms with Crippen LogP contribution in [0.1, 0.15) is 63.7 Å². The highest BCUT2D eigenvalue weighted by Crippen LogP contribution is 2.62. The SMILES string of the molecule is CCCCCCCCC(=O)O[C@@H]1[C@@H](CO[P+]2(O)OCc3ccccc3O2)O[C@@H](n2ccc(N)nc2=O)C1(F)F. The van der Waals surface area contributed by atoms with Gasteiger partial charge in [0.1, 0.15) is 25.1 Å². The molecule has 39 heavy (non-hydrogen) atoms. The van der Waals surface area contributed by atoms with Gasteiger partial charge in [-0.3, -0.25) is 13.9 Å². The number of hydrogen-bond donors (Lipinski definition) is 2. The van der Waals surface area contributed by atoms with E-state index in [0.717, 1.165) is 38.3 Å². The lowest BCUT2D eigenvalue weighted by atomic mass is 10.1. The van der Waals surface area contributed by atoms with Gasteiger partial charge in [0, 0.05) is 18.2 Å². The van der Waals surface area contributed by atoms with Crippen LogP contribution in [0.2, 0.25) is 0 Å². The minimum absolute atomic E-state index is 0.0199. The minimum Gasteiger partial charge on any atom is -0.453 e. The Labute approximate surface area is 224 Å². The number of carbonyl (C=O) groups excluding carboxylic acids is 1. The number of unbranched alkanes of at least 4 members (excludes halogenated alkanes) is 5. The number of anilines is 1. The summed E-state index contributed by atoms with van der Waals surface area (Å²) in [6, 6.07) is 7.97. The molecule has 0 amide bonds. The summed E-state index contributed by atoms with van der Waals surface area (Å²) < 4.78 is 58.8. The number of nitrogen functional groups attached to an aromatic ring is 1. The molecule has 1 saturated heterocycles. The van der Waals surface area contributed by atoms with Crippen molar-refractivity contribution in [3.05, 3.63) is 52.6 Å². The van der Waals surface area contributed by atoms with Gasteiger partial charge in [-0.25, -0.2) is 4.79 Å². The standard InChI is InChI=1S/C25H32F2N3O8P/c1-2-3-4-5-6-7-12-21(31)37-22-19(16-35-39(33)34-15-17-10-8-9-11-18(17)38-39)36-23(25(22,26)27)30-14-13-20(28)29-24(30)32/h8-11,13-14,19,22-23,33H,2-7,12,15-16H2,1H3,(H-,28,29,32)/p+1/t19-,22-,23-,39?/m1/s1. The first kappa shape index (κ1) is 29.3. The lowest BCUT2D eigenvalue weighted by molar-refractivity contribution is -0.176. The lowest BCUT2D eigenvalue weighted by Gasteiger charge is -2.25. The Morgan fingerprint density at radius 3 is 2.74 bits per heavy atom. The number of carbonyl (C=O) groups is 1. The van der Waals surface area contributed by atoms with Crippen molar-refractivity contribution in [2.45, 2.75) is 82.8 Å². The number of rotatable bonds is 12. The molecule has 1 unspecified atom stereocenters. The highest BCUT2D eigenvalue weighted by Gasteiger charge is 2.64. The molecule has 0 spiro atoms. The van der Waals surface area contributed by atoms with Crippen molar-refractivity contribution in [3.8, 4) is 5.75 Å². The van der Waals surface area contributed by atoms with Crippen molar-refractivity contribution >= 4 is 20.0 Å². The van der Waals surface area contributed by atoms with Gasteiger partial charge in [-0.1, -0.05) is 57.2 Å². The van der Waals surface area contributed by atoms with Crippen molar-refractivity contribution < 1.29 is 41.5 Å². The highest BCUT2D eigenvalue weighted by molar-refractivity contribution is 7.55. The molecule has 0 bridgehead atoms. The predicted octanol–water partition coefficient (Wildman–Crippen LogP) is 4.32. The number of nitrogens with zero attached hydrogens (tertiary/aromatic N) is 2. The smallest absolute Gasteiger partial charge is 0.453 e. The minimum atomic E-state index is -3.95. The van der Waals surface area contributed by atoms with Crippen LogP contribution >= 0.6 is 8.17 Å². The summed E-state index contributed by atoms with van der Waals surface area (Å²) >= 11 is 0. The first-order chi connectivity index (χ1) is 18.6. The summed E-state index contributed by atoms with van der Waals surface area (Å²) in [6.07, 6.45) is 0.490. The number of nitrogens with two attached hydrogens (primary N) is 1. The first-order valence-corrected chi connectivity index (χ1v) is 14.4. The molecule has 2 aromatic rings. The number of halogens is 2. The van der Waals surface area contributed by atoms with Crippen LogP contribution in [-0.2, 0) is 29.9 Å². The molecule has 1 fully saturated rings. The quantitative estimate of drug-likeness (QED) is 0.214. The molecule has 11 nitrogen and oxygen atoms in total. The van der Waals surface area contributed by atoms with Crippen LogP contribution in [0.3, 0.4) is 0 Å². The Morgan fingerprint density at radius 1 is 1.23 bits per heavy atom. The second kappa shape index (κ2) is 12.6. The van der Waals surface area contributed by atoms with Crippen LogP contribution in [0.25, 0.3) is 0 Å². The van der Waals surface area contributed by atoms with E-state index >= 15 is 8.78 Å². The largest absolute Gasteiger partial charge is 0.619 e. The fourth-order valence-electron chi connectivity index (χ4n) is 4.35. The summed E-state index contributed by atoms with van der Waals surface area (Å²) in [5, 5.41) is 0. The van der Waals surface area contributed by atoms with E-state index in [1.165, 1.54) is 6.07 Å². The van der Waals surface area contributed by atoms with E-state index in [1.807, 2.05) is 0 Å². The van der Waals surface area contributed by atoms with Gasteiger partial charge in [0.05, 0.1) is 0 Å². The summed E-state index contributed by atoms with van der Waals surface area (Å²) in [4.78, 5) is 39.1. The van der Waals surface area contributed by atoms with E-state index in [0.29, 0.717) is 22.3 Å². The van der Waals surface area contributed by atoms with E-state index in [-0.39, 0.29) is 18.8 Å². The van der Waals surface area contributed by atoms with Crippen LogP contribution < -0.4 is 15.9 Å². The summed E-state index contributed by atoms with van der Waals surface area (Å²) in [6.45, 7) is 1.40. The van der Waals surface area contributed by atoms with Crippen molar-refractivity contribution in [2.75, 3.05) is 12.3 Å². The number of aromatic nitrogens is 2. The zero-order valence-corrected chi connectivity index (χ0v) is 22.4. The maximum absolute atomic E-state index is 15.6. The van der Waals surface area contributed by atoms with Gasteiger partial charge >= 0.3 is 25.8 Å². The third-order valence-corrected chi connectivity index (χ3v) is 7.78. The molecule has 0 radical (unpaired) electrons. The molecule has 214 valence electrons. The molecule has 1 aromatic heterocycles. The van der Waals surface area contributed by atoms with Crippen molar-refractivity contribution in [1.82, 2.24) is 9.55 Å². The van der Waals surface area contributed by atoms with Crippen LogP contribution in [0.5, 0.6) is 5.75 Å². The highest BCUT2D eigenvalue weighted by atomic mass is 31.2. The van der Waals surface area contributed by atoms with Crippen LogP contribution in [-0.4, -0.2) is 45.2 Å². The fraction of sp³-hybridized carbons (Fsp3) is 0.560. The van der Waals surface area contributed by atoms with Gasteiger partial charge < -0.3 is 15.2 Å². The molecule has 3 heterocycles. The van der Waals surface area contributed by atoms with Crippen molar-refractivity contribution in [1.29, 1.82) is 0 Å². The molecule has 4 rings (SSSR count). The van der Waals surface area contributed by atoms with Gasteiger partial charge in [-0.15, -0.1) is 9.05 Å². The fourth-order valence-corrected chi connectivity index (χ4v) is 5.59. The number of para-hydroxylation sites is 1. The molecule has 0 saturated carbocycles. The number of ether oxygens (including phenoxy) is 2. The average molecular weight is 573 g/mol. The zero-order chi connectivity index (χ0) is 28.0. The second-order valence-electron chi connectivity index (χ2n) is 9.41. The van der Waals surface area contributed by atoms with Crippen molar-refractivity contribution in [2.24, 2.45) is 0 Å². The second-order valence-corrected chi connectivity index (χ2v) is 11.0. The van der Waals surface area contributed by atoms with Gasteiger partial charge in [-0.05, 0) is 18.6 Å². The monoisotopic (exact) mass is 572 g/mol.